The molecule has 0 heterocycles. The van der Waals surface area contributed by atoms with Crippen molar-refractivity contribution < 1.29 is 14.7 Å². The maximum absolute atomic E-state index is 11.9. The maximum atomic E-state index is 11.9. The highest BCUT2D eigenvalue weighted by Gasteiger charge is 2.46. The summed E-state index contributed by atoms with van der Waals surface area (Å²) in [5.74, 6) is -1.10. The first-order valence-electron chi connectivity index (χ1n) is 4.72. The fourth-order valence-electron chi connectivity index (χ4n) is 1.25. The lowest BCUT2D eigenvalue weighted by atomic mass is 9.77. The predicted molar refractivity (Wildman–Crippen MR) is 62.0 cm³/mol. The van der Waals surface area contributed by atoms with Crippen molar-refractivity contribution in [3.63, 3.8) is 0 Å². The Bertz CT molecular complexity index is 260. The molecule has 88 valence electrons. The fraction of sp³-hybridized carbons (Fsp3) is 0.800. The number of Topliss-reactive ketones (excluding diaryl/α,β-unsaturated/α-hetero) is 1. The summed E-state index contributed by atoms with van der Waals surface area (Å²) in [5.41, 5.74) is 3.21. The Morgan fingerprint density at radius 3 is 2.07 bits per heavy atom. The molecule has 4 nitrogen and oxygen atoms in total. The number of ketones is 1. The van der Waals surface area contributed by atoms with E-state index in [1.54, 1.807) is 20.8 Å². The third kappa shape index (κ3) is 3.50. The zero-order chi connectivity index (χ0) is 12.3. The minimum atomic E-state index is -1.75. The van der Waals surface area contributed by atoms with Gasteiger partial charge in [-0.3, -0.25) is 4.79 Å². The summed E-state index contributed by atoms with van der Waals surface area (Å²) in [5, 5.41) is 9.04. The first kappa shape index (κ1) is 14.5. The second-order valence-electron chi connectivity index (χ2n) is 4.60. The normalized spacial score (nSPS) is 15.8. The molecule has 0 aliphatic carbocycles. The molecule has 0 saturated heterocycles. The van der Waals surface area contributed by atoms with Crippen molar-refractivity contribution in [1.29, 1.82) is 0 Å². The van der Waals surface area contributed by atoms with E-state index in [1.165, 1.54) is 11.8 Å². The third-order valence-corrected chi connectivity index (χ3v) is 2.78. The summed E-state index contributed by atoms with van der Waals surface area (Å²) in [6.07, 6.45) is 2.02. The Morgan fingerprint density at radius 2 is 1.80 bits per heavy atom. The molecular weight excluding hydrogens is 214 g/mol. The van der Waals surface area contributed by atoms with Crippen LogP contribution in [0.5, 0.6) is 0 Å². The molecule has 1 unspecified atom stereocenters. The molecular formula is C10H19NO3S. The standard InChI is InChI=1S/C10H19NO3S/c1-9(2,3)7(12)10(11,8(13)14)5-6-15-4/h5-6,11H2,1-4H3,(H,13,14). The number of rotatable bonds is 5. The maximum Gasteiger partial charge on any atom is 0.331 e. The number of thioether (sulfide) groups is 1. The van der Waals surface area contributed by atoms with Crippen molar-refractivity contribution in [2.45, 2.75) is 32.7 Å². The lowest BCUT2D eigenvalue weighted by molar-refractivity contribution is -0.151. The van der Waals surface area contributed by atoms with Gasteiger partial charge < -0.3 is 10.8 Å². The molecule has 0 fully saturated rings. The van der Waals surface area contributed by atoms with Crippen LogP contribution in [0, 0.1) is 5.41 Å². The Balaban J connectivity index is 4.95. The van der Waals surface area contributed by atoms with E-state index >= 15 is 0 Å². The molecule has 0 aliphatic rings. The lowest BCUT2D eigenvalue weighted by Crippen LogP contribution is -2.59. The number of carbonyl (C=O) groups is 2. The van der Waals surface area contributed by atoms with Crippen LogP contribution in [0.2, 0.25) is 0 Å². The molecule has 0 amide bonds. The number of carboxylic acid groups (broad SMARTS) is 1. The van der Waals surface area contributed by atoms with Crippen LogP contribution in [-0.4, -0.2) is 34.4 Å². The number of hydrogen-bond donors (Lipinski definition) is 2. The first-order chi connectivity index (χ1) is 6.66. The van der Waals surface area contributed by atoms with Crippen LogP contribution in [0.3, 0.4) is 0 Å². The lowest BCUT2D eigenvalue weighted by Gasteiger charge is -2.30. The van der Waals surface area contributed by atoms with E-state index in [4.69, 9.17) is 10.8 Å². The van der Waals surface area contributed by atoms with Gasteiger partial charge in [0.05, 0.1) is 0 Å². The molecule has 15 heavy (non-hydrogen) atoms. The molecule has 1 atom stereocenters. The van der Waals surface area contributed by atoms with Crippen molar-refractivity contribution in [3.8, 4) is 0 Å². The highest BCUT2D eigenvalue weighted by Crippen LogP contribution is 2.25. The summed E-state index contributed by atoms with van der Waals surface area (Å²) < 4.78 is 0. The van der Waals surface area contributed by atoms with Gasteiger partial charge in [0, 0.05) is 5.41 Å². The van der Waals surface area contributed by atoms with Gasteiger partial charge in [0.25, 0.3) is 0 Å². The third-order valence-electron chi connectivity index (χ3n) is 2.17. The van der Waals surface area contributed by atoms with Gasteiger partial charge in [-0.2, -0.15) is 11.8 Å². The molecule has 0 aliphatic heterocycles. The van der Waals surface area contributed by atoms with Gasteiger partial charge in [0.2, 0.25) is 0 Å². The monoisotopic (exact) mass is 233 g/mol. The Labute approximate surface area is 94.6 Å². The zero-order valence-electron chi connectivity index (χ0n) is 9.66. The van der Waals surface area contributed by atoms with Crippen molar-refractivity contribution >= 4 is 23.5 Å². The number of nitrogens with two attached hydrogens (primary N) is 1. The van der Waals surface area contributed by atoms with Crippen molar-refractivity contribution in [3.05, 3.63) is 0 Å². The molecule has 3 N–H and O–H groups in total. The van der Waals surface area contributed by atoms with Crippen molar-refractivity contribution in [2.24, 2.45) is 11.1 Å². The Morgan fingerprint density at radius 1 is 1.33 bits per heavy atom. The number of hydrogen-bond acceptors (Lipinski definition) is 4. The van der Waals surface area contributed by atoms with Gasteiger partial charge in [-0.25, -0.2) is 4.79 Å². The predicted octanol–water partition coefficient (Wildman–Crippen LogP) is 1.14. The second kappa shape index (κ2) is 4.99. The van der Waals surface area contributed by atoms with Gasteiger partial charge >= 0.3 is 5.97 Å². The topological polar surface area (TPSA) is 80.4 Å². The molecule has 0 radical (unpaired) electrons. The molecule has 0 rings (SSSR count). The number of aliphatic carboxylic acids is 1. The quantitative estimate of drug-likeness (QED) is 0.696. The van der Waals surface area contributed by atoms with Gasteiger partial charge in [0.15, 0.2) is 11.3 Å². The average Bonchev–Trinajstić information content (AvgIpc) is 2.11. The first-order valence-corrected chi connectivity index (χ1v) is 6.11. The van der Waals surface area contributed by atoms with Gasteiger partial charge in [0.1, 0.15) is 0 Å². The molecule has 5 heteroatoms. The fourth-order valence-corrected chi connectivity index (χ4v) is 1.78. The van der Waals surface area contributed by atoms with Crippen LogP contribution in [0.25, 0.3) is 0 Å². The molecule has 0 saturated carbocycles. The van der Waals surface area contributed by atoms with Crippen LogP contribution in [-0.2, 0) is 9.59 Å². The Kier molecular flexibility index (Phi) is 4.80. The summed E-state index contributed by atoms with van der Waals surface area (Å²) in [6, 6.07) is 0. The van der Waals surface area contributed by atoms with Crippen LogP contribution < -0.4 is 5.73 Å². The summed E-state index contributed by atoms with van der Waals surface area (Å²) in [6.45, 7) is 5.04. The summed E-state index contributed by atoms with van der Waals surface area (Å²) >= 11 is 1.48. The van der Waals surface area contributed by atoms with Gasteiger partial charge in [-0.15, -0.1) is 0 Å². The summed E-state index contributed by atoms with van der Waals surface area (Å²) in [7, 11) is 0. The number of carboxylic acids is 1. The average molecular weight is 233 g/mol. The van der Waals surface area contributed by atoms with E-state index < -0.39 is 22.7 Å². The number of carbonyl (C=O) groups excluding carboxylic acids is 1. The second-order valence-corrected chi connectivity index (χ2v) is 5.58. The van der Waals surface area contributed by atoms with Crippen LogP contribution in [0.15, 0.2) is 0 Å². The largest absolute Gasteiger partial charge is 0.480 e. The van der Waals surface area contributed by atoms with E-state index in [1.807, 2.05) is 6.26 Å². The molecule has 0 spiro atoms. The smallest absolute Gasteiger partial charge is 0.331 e. The minimum absolute atomic E-state index is 0.166. The Hall–Kier alpha value is -0.550. The van der Waals surface area contributed by atoms with E-state index in [0.717, 1.165) is 0 Å². The van der Waals surface area contributed by atoms with E-state index in [2.05, 4.69) is 0 Å². The summed E-state index contributed by atoms with van der Waals surface area (Å²) in [4.78, 5) is 23.0. The van der Waals surface area contributed by atoms with Crippen molar-refractivity contribution in [1.82, 2.24) is 0 Å². The van der Waals surface area contributed by atoms with Crippen LogP contribution in [0.1, 0.15) is 27.2 Å². The molecule has 0 bridgehead atoms. The zero-order valence-corrected chi connectivity index (χ0v) is 10.5. The van der Waals surface area contributed by atoms with Crippen molar-refractivity contribution in [2.75, 3.05) is 12.0 Å². The SMILES string of the molecule is CSCCC(N)(C(=O)O)C(=O)C(C)(C)C. The van der Waals surface area contributed by atoms with Crippen LogP contribution in [0.4, 0.5) is 0 Å². The minimum Gasteiger partial charge on any atom is -0.480 e. The van der Waals surface area contributed by atoms with E-state index in [0.29, 0.717) is 5.75 Å². The molecule has 0 aromatic carbocycles. The van der Waals surface area contributed by atoms with Gasteiger partial charge in [-0.05, 0) is 18.4 Å². The molecule has 0 aromatic rings. The van der Waals surface area contributed by atoms with E-state index in [-0.39, 0.29) is 6.42 Å². The highest BCUT2D eigenvalue weighted by molar-refractivity contribution is 7.98. The van der Waals surface area contributed by atoms with Gasteiger partial charge in [-0.1, -0.05) is 20.8 Å². The van der Waals surface area contributed by atoms with E-state index in [9.17, 15) is 9.59 Å². The highest BCUT2D eigenvalue weighted by atomic mass is 32.2. The molecule has 0 aromatic heterocycles. The van der Waals surface area contributed by atoms with Crippen LogP contribution >= 0.6 is 11.8 Å².